The molecule has 1 aliphatic rings. The van der Waals surface area contributed by atoms with Gasteiger partial charge in [0.2, 0.25) is 5.91 Å². The zero-order valence-electron chi connectivity index (χ0n) is 10.3. The highest BCUT2D eigenvalue weighted by Crippen LogP contribution is 2.20. The molecule has 0 aliphatic carbocycles. The van der Waals surface area contributed by atoms with E-state index >= 15 is 0 Å². The number of hydrogen-bond acceptors (Lipinski definition) is 4. The topological polar surface area (TPSA) is 82.2 Å². The third kappa shape index (κ3) is 2.54. The van der Waals surface area contributed by atoms with Gasteiger partial charge in [-0.3, -0.25) is 4.79 Å². The van der Waals surface area contributed by atoms with E-state index in [1.54, 1.807) is 17.0 Å². The summed E-state index contributed by atoms with van der Waals surface area (Å²) in [6.45, 7) is 0.693. The number of hydrogen-bond donors (Lipinski definition) is 2. The molecule has 18 heavy (non-hydrogen) atoms. The van der Waals surface area contributed by atoms with Gasteiger partial charge >= 0.3 is 0 Å². The second-order valence-corrected chi connectivity index (χ2v) is 4.57. The Morgan fingerprint density at radius 2 is 2.33 bits per heavy atom. The Labute approximate surface area is 106 Å². The second kappa shape index (κ2) is 4.96. The molecule has 0 radical (unpaired) electrons. The van der Waals surface area contributed by atoms with Crippen LogP contribution in [0, 0.1) is 11.3 Å². The second-order valence-electron chi connectivity index (χ2n) is 4.57. The van der Waals surface area contributed by atoms with Crippen molar-refractivity contribution < 1.29 is 4.79 Å². The first kappa shape index (κ1) is 12.2. The molecule has 1 amide bonds. The molecule has 0 saturated carbocycles. The average Bonchev–Trinajstić information content (AvgIpc) is 2.34. The Bertz CT molecular complexity index is 506. The fraction of sp³-hybridized carbons (Fsp3) is 0.385. The maximum absolute atomic E-state index is 11.4. The molecule has 1 heterocycles. The number of nitrogens with zero attached hydrogens (tertiary/aromatic N) is 2. The van der Waals surface area contributed by atoms with Crippen molar-refractivity contribution in [3.63, 3.8) is 0 Å². The molecule has 1 unspecified atom stereocenters. The van der Waals surface area contributed by atoms with Crippen molar-refractivity contribution in [3.05, 3.63) is 23.8 Å². The number of amides is 1. The summed E-state index contributed by atoms with van der Waals surface area (Å²) >= 11 is 0. The highest BCUT2D eigenvalue weighted by Gasteiger charge is 2.22. The number of carbonyl (C=O) groups is 1. The number of nitrogen functional groups attached to an aromatic ring is 1. The van der Waals surface area contributed by atoms with Crippen molar-refractivity contribution >= 4 is 17.3 Å². The molecular weight excluding hydrogens is 228 g/mol. The highest BCUT2D eigenvalue weighted by atomic mass is 16.2. The fourth-order valence-corrected chi connectivity index (χ4v) is 2.12. The fourth-order valence-electron chi connectivity index (χ4n) is 2.12. The van der Waals surface area contributed by atoms with Gasteiger partial charge in [-0.15, -0.1) is 0 Å². The third-order valence-electron chi connectivity index (χ3n) is 3.17. The van der Waals surface area contributed by atoms with Gasteiger partial charge in [-0.05, 0) is 24.6 Å². The van der Waals surface area contributed by atoms with Crippen LogP contribution in [0.2, 0.25) is 0 Å². The summed E-state index contributed by atoms with van der Waals surface area (Å²) in [5, 5.41) is 12.1. The lowest BCUT2D eigenvalue weighted by atomic mass is 10.0. The maximum atomic E-state index is 11.4. The van der Waals surface area contributed by atoms with Crippen LogP contribution in [0.5, 0.6) is 0 Å². The van der Waals surface area contributed by atoms with Crippen LogP contribution in [0.3, 0.4) is 0 Å². The minimum atomic E-state index is 0.187. The van der Waals surface area contributed by atoms with Crippen LogP contribution in [0.15, 0.2) is 18.2 Å². The van der Waals surface area contributed by atoms with Gasteiger partial charge in [0, 0.05) is 31.7 Å². The molecule has 5 heteroatoms. The molecule has 1 atom stereocenters. The van der Waals surface area contributed by atoms with Gasteiger partial charge < -0.3 is 16.0 Å². The number of piperidine rings is 1. The van der Waals surface area contributed by atoms with E-state index in [2.05, 4.69) is 5.32 Å². The van der Waals surface area contributed by atoms with E-state index in [1.807, 2.05) is 19.2 Å². The lowest BCUT2D eigenvalue weighted by Gasteiger charge is -2.30. The van der Waals surface area contributed by atoms with Crippen LogP contribution in [0.4, 0.5) is 11.4 Å². The van der Waals surface area contributed by atoms with Crippen molar-refractivity contribution in [2.75, 3.05) is 24.6 Å². The molecule has 1 aromatic rings. The summed E-state index contributed by atoms with van der Waals surface area (Å²) in [5.41, 5.74) is 7.61. The first-order valence-corrected chi connectivity index (χ1v) is 5.90. The number of nitriles is 1. The van der Waals surface area contributed by atoms with E-state index in [0.29, 0.717) is 24.2 Å². The first-order valence-electron chi connectivity index (χ1n) is 5.90. The van der Waals surface area contributed by atoms with Crippen LogP contribution in [0.25, 0.3) is 0 Å². The maximum Gasteiger partial charge on any atom is 0.222 e. The van der Waals surface area contributed by atoms with Crippen molar-refractivity contribution in [2.45, 2.75) is 18.9 Å². The van der Waals surface area contributed by atoms with Gasteiger partial charge in [-0.1, -0.05) is 0 Å². The highest BCUT2D eigenvalue weighted by molar-refractivity contribution is 5.77. The Kier molecular flexibility index (Phi) is 3.38. The predicted octanol–water partition coefficient (Wildman–Crippen LogP) is 1.17. The molecule has 1 aromatic carbocycles. The van der Waals surface area contributed by atoms with Crippen LogP contribution in [-0.4, -0.2) is 30.4 Å². The quantitative estimate of drug-likeness (QED) is 0.765. The summed E-state index contributed by atoms with van der Waals surface area (Å²) < 4.78 is 0. The molecule has 3 N–H and O–H groups in total. The number of anilines is 2. The monoisotopic (exact) mass is 244 g/mol. The zero-order chi connectivity index (χ0) is 13.1. The van der Waals surface area contributed by atoms with Gasteiger partial charge in [-0.2, -0.15) is 5.26 Å². The normalized spacial score (nSPS) is 19.4. The van der Waals surface area contributed by atoms with E-state index in [-0.39, 0.29) is 11.9 Å². The van der Waals surface area contributed by atoms with Gasteiger partial charge in [0.05, 0.1) is 11.3 Å². The Hall–Kier alpha value is -2.22. The molecule has 94 valence electrons. The predicted molar refractivity (Wildman–Crippen MR) is 69.9 cm³/mol. The summed E-state index contributed by atoms with van der Waals surface area (Å²) in [7, 11) is 1.81. The van der Waals surface area contributed by atoms with Crippen molar-refractivity contribution in [1.82, 2.24) is 4.90 Å². The Morgan fingerprint density at radius 3 is 2.94 bits per heavy atom. The lowest BCUT2D eigenvalue weighted by molar-refractivity contribution is -0.132. The summed E-state index contributed by atoms with van der Waals surface area (Å²) in [6, 6.07) is 7.57. The van der Waals surface area contributed by atoms with Gasteiger partial charge in [0.1, 0.15) is 6.07 Å². The number of nitrogens with two attached hydrogens (primary N) is 1. The van der Waals surface area contributed by atoms with E-state index in [0.717, 1.165) is 12.1 Å². The average molecular weight is 244 g/mol. The van der Waals surface area contributed by atoms with Gasteiger partial charge in [0.25, 0.3) is 0 Å². The van der Waals surface area contributed by atoms with E-state index < -0.39 is 0 Å². The Morgan fingerprint density at radius 1 is 1.56 bits per heavy atom. The minimum Gasteiger partial charge on any atom is -0.398 e. The van der Waals surface area contributed by atoms with Gasteiger partial charge in [0.15, 0.2) is 0 Å². The molecular formula is C13H16N4O. The van der Waals surface area contributed by atoms with E-state index in [1.165, 1.54) is 0 Å². The standard InChI is InChI=1S/C13H16N4O/c1-17-8-11(4-5-13(17)18)16-10-3-2-9(7-14)12(15)6-10/h2-3,6,11,16H,4-5,8,15H2,1H3. The molecule has 1 aliphatic heterocycles. The van der Waals surface area contributed by atoms with E-state index in [9.17, 15) is 4.79 Å². The minimum absolute atomic E-state index is 0.187. The van der Waals surface area contributed by atoms with Crippen LogP contribution < -0.4 is 11.1 Å². The molecule has 0 bridgehead atoms. The third-order valence-corrected chi connectivity index (χ3v) is 3.17. The number of rotatable bonds is 2. The summed E-state index contributed by atoms with van der Waals surface area (Å²) in [6.07, 6.45) is 1.39. The SMILES string of the molecule is CN1CC(Nc2ccc(C#N)c(N)c2)CCC1=O. The summed E-state index contributed by atoms with van der Waals surface area (Å²) in [5.74, 6) is 0.187. The molecule has 1 saturated heterocycles. The van der Waals surface area contributed by atoms with Crippen LogP contribution in [-0.2, 0) is 4.79 Å². The van der Waals surface area contributed by atoms with Crippen molar-refractivity contribution in [1.29, 1.82) is 5.26 Å². The molecule has 1 fully saturated rings. The smallest absolute Gasteiger partial charge is 0.222 e. The molecule has 0 spiro atoms. The first-order chi connectivity index (χ1) is 8.60. The van der Waals surface area contributed by atoms with Crippen LogP contribution in [0.1, 0.15) is 18.4 Å². The van der Waals surface area contributed by atoms with Crippen molar-refractivity contribution in [2.24, 2.45) is 0 Å². The largest absolute Gasteiger partial charge is 0.398 e. The molecule has 0 aromatic heterocycles. The summed E-state index contributed by atoms with van der Waals surface area (Å²) in [4.78, 5) is 13.1. The molecule has 2 rings (SSSR count). The van der Waals surface area contributed by atoms with E-state index in [4.69, 9.17) is 11.0 Å². The van der Waals surface area contributed by atoms with Gasteiger partial charge in [-0.25, -0.2) is 0 Å². The number of likely N-dealkylation sites (tertiary alicyclic amines) is 1. The zero-order valence-corrected chi connectivity index (χ0v) is 10.3. The molecule has 5 nitrogen and oxygen atoms in total. The number of benzene rings is 1. The number of carbonyl (C=O) groups excluding carboxylic acids is 1. The number of likely N-dealkylation sites (N-methyl/N-ethyl adjacent to an activating group) is 1. The number of nitrogens with one attached hydrogen (secondary N) is 1. The lowest BCUT2D eigenvalue weighted by Crippen LogP contribution is -2.43. The van der Waals surface area contributed by atoms with Crippen LogP contribution >= 0.6 is 0 Å². The van der Waals surface area contributed by atoms with Crippen molar-refractivity contribution in [3.8, 4) is 6.07 Å². The Balaban J connectivity index is 2.04.